The average Bonchev–Trinajstić information content (AvgIpc) is 3.23. The smallest absolute Gasteiger partial charge is 0.306 e. The maximum absolute atomic E-state index is 12.7. The van der Waals surface area contributed by atoms with E-state index in [-0.39, 0.29) is 31.1 Å². The lowest BCUT2D eigenvalue weighted by atomic mass is 10.1. The molecular formula is C53H94O6. The Morgan fingerprint density at radius 1 is 0.356 bits per heavy atom. The van der Waals surface area contributed by atoms with Gasteiger partial charge in [-0.2, -0.15) is 0 Å². The van der Waals surface area contributed by atoms with E-state index in [0.717, 1.165) is 109 Å². The van der Waals surface area contributed by atoms with E-state index in [9.17, 15) is 14.4 Å². The summed E-state index contributed by atoms with van der Waals surface area (Å²) >= 11 is 0. The van der Waals surface area contributed by atoms with Crippen LogP contribution in [0.15, 0.2) is 48.6 Å². The number of hydrogen-bond acceptors (Lipinski definition) is 6. The first-order valence-electron chi connectivity index (χ1n) is 25.1. The van der Waals surface area contributed by atoms with Crippen molar-refractivity contribution in [3.8, 4) is 0 Å². The average molecular weight is 827 g/mol. The number of allylic oxidation sites excluding steroid dienone is 8. The van der Waals surface area contributed by atoms with Gasteiger partial charge in [0.15, 0.2) is 6.10 Å². The molecular weight excluding hydrogens is 733 g/mol. The third-order valence-corrected chi connectivity index (χ3v) is 10.8. The highest BCUT2D eigenvalue weighted by Crippen LogP contribution is 2.14. The van der Waals surface area contributed by atoms with Gasteiger partial charge in [0.05, 0.1) is 0 Å². The molecule has 0 saturated carbocycles. The van der Waals surface area contributed by atoms with Gasteiger partial charge in [-0.3, -0.25) is 14.4 Å². The van der Waals surface area contributed by atoms with E-state index < -0.39 is 6.10 Å². The highest BCUT2D eigenvalue weighted by atomic mass is 16.6. The molecule has 0 aromatic heterocycles. The van der Waals surface area contributed by atoms with Crippen molar-refractivity contribution < 1.29 is 28.6 Å². The zero-order valence-electron chi connectivity index (χ0n) is 39.0. The van der Waals surface area contributed by atoms with E-state index in [1.54, 1.807) is 0 Å². The van der Waals surface area contributed by atoms with Crippen molar-refractivity contribution in [1.29, 1.82) is 0 Å². The number of carbonyl (C=O) groups excluding carboxylic acids is 3. The van der Waals surface area contributed by atoms with Gasteiger partial charge in [-0.15, -0.1) is 0 Å². The molecule has 0 aliphatic heterocycles. The number of esters is 3. The van der Waals surface area contributed by atoms with Gasteiger partial charge < -0.3 is 14.2 Å². The molecule has 0 aromatic carbocycles. The van der Waals surface area contributed by atoms with Crippen LogP contribution in [-0.4, -0.2) is 37.2 Å². The summed E-state index contributed by atoms with van der Waals surface area (Å²) in [5, 5.41) is 0. The van der Waals surface area contributed by atoms with Gasteiger partial charge in [0.1, 0.15) is 13.2 Å². The van der Waals surface area contributed by atoms with Crippen LogP contribution in [0.2, 0.25) is 0 Å². The van der Waals surface area contributed by atoms with E-state index >= 15 is 0 Å². The quantitative estimate of drug-likeness (QED) is 0.0263. The Kier molecular flexibility index (Phi) is 45.9. The summed E-state index contributed by atoms with van der Waals surface area (Å²) in [5.41, 5.74) is 0. The third kappa shape index (κ3) is 46.3. The molecule has 6 heteroatoms. The summed E-state index contributed by atoms with van der Waals surface area (Å²) in [6.45, 7) is 6.46. The van der Waals surface area contributed by atoms with Gasteiger partial charge in [-0.25, -0.2) is 0 Å². The molecule has 342 valence electrons. The summed E-state index contributed by atoms with van der Waals surface area (Å²) < 4.78 is 16.7. The molecule has 0 fully saturated rings. The van der Waals surface area contributed by atoms with Crippen molar-refractivity contribution in [3.63, 3.8) is 0 Å². The molecule has 0 radical (unpaired) electrons. The second-order valence-electron chi connectivity index (χ2n) is 16.7. The Labute approximate surface area is 365 Å². The Morgan fingerprint density at radius 3 is 1.08 bits per heavy atom. The number of unbranched alkanes of at least 4 members (excludes halogenated alkanes) is 26. The Balaban J connectivity index is 4.31. The molecule has 1 atom stereocenters. The van der Waals surface area contributed by atoms with Gasteiger partial charge in [0, 0.05) is 19.3 Å². The molecule has 0 spiro atoms. The SMILES string of the molecule is CC/C=C\C/C=C\CCCCCCCC(=O)OC(COC(=O)CCCCCC/C=C\CCCC)COC(=O)CCCCCCCCC/C=C\CCCCCCCCCC. The maximum Gasteiger partial charge on any atom is 0.306 e. The van der Waals surface area contributed by atoms with Crippen molar-refractivity contribution in [1.82, 2.24) is 0 Å². The second-order valence-corrected chi connectivity index (χ2v) is 16.7. The van der Waals surface area contributed by atoms with Crippen LogP contribution in [0, 0.1) is 0 Å². The summed E-state index contributed by atoms with van der Waals surface area (Å²) in [6, 6.07) is 0. The lowest BCUT2D eigenvalue weighted by molar-refractivity contribution is -0.167. The highest BCUT2D eigenvalue weighted by molar-refractivity contribution is 5.71. The van der Waals surface area contributed by atoms with Crippen LogP contribution < -0.4 is 0 Å². The monoisotopic (exact) mass is 827 g/mol. The first kappa shape index (κ1) is 56.4. The molecule has 6 nitrogen and oxygen atoms in total. The van der Waals surface area contributed by atoms with Crippen LogP contribution in [0.25, 0.3) is 0 Å². The van der Waals surface area contributed by atoms with Crippen LogP contribution in [-0.2, 0) is 28.6 Å². The van der Waals surface area contributed by atoms with Crippen molar-refractivity contribution in [2.45, 2.75) is 258 Å². The maximum atomic E-state index is 12.7. The van der Waals surface area contributed by atoms with Gasteiger partial charge in [-0.1, -0.05) is 191 Å². The molecule has 0 N–H and O–H groups in total. The van der Waals surface area contributed by atoms with Crippen molar-refractivity contribution in [2.75, 3.05) is 13.2 Å². The summed E-state index contributed by atoms with van der Waals surface area (Å²) in [7, 11) is 0. The topological polar surface area (TPSA) is 78.9 Å². The normalized spacial score (nSPS) is 12.4. The van der Waals surface area contributed by atoms with Gasteiger partial charge in [-0.05, 0) is 89.9 Å². The van der Waals surface area contributed by atoms with E-state index in [1.165, 1.54) is 103 Å². The Bertz CT molecular complexity index is 1040. The van der Waals surface area contributed by atoms with E-state index in [0.29, 0.717) is 19.3 Å². The standard InChI is InChI=1S/C53H94O6/c1-4-7-10-13-16-19-22-24-25-26-27-28-29-30-32-34-37-40-43-46-52(55)58-49-50(48-57-51(54)45-42-39-36-33-21-18-15-12-9-6-3)59-53(56)47-44-41-38-35-31-23-20-17-14-11-8-5-2/h8,11,15,17-18,20,26-27,50H,4-7,9-10,12-14,16,19,21-25,28-49H2,1-3H3/b11-8-,18-15-,20-17-,27-26-. The van der Waals surface area contributed by atoms with E-state index in [4.69, 9.17) is 14.2 Å². The lowest BCUT2D eigenvalue weighted by Gasteiger charge is -2.18. The predicted molar refractivity (Wildman–Crippen MR) is 252 cm³/mol. The minimum atomic E-state index is -0.784. The molecule has 0 saturated heterocycles. The Morgan fingerprint density at radius 2 is 0.678 bits per heavy atom. The van der Waals surface area contributed by atoms with Crippen LogP contribution in [0.5, 0.6) is 0 Å². The third-order valence-electron chi connectivity index (χ3n) is 10.8. The second kappa shape index (κ2) is 48.0. The molecule has 0 heterocycles. The van der Waals surface area contributed by atoms with Crippen LogP contribution >= 0.6 is 0 Å². The molecule has 0 rings (SSSR count). The molecule has 0 aliphatic carbocycles. The van der Waals surface area contributed by atoms with E-state index in [1.807, 2.05) is 0 Å². The van der Waals surface area contributed by atoms with Gasteiger partial charge in [0.25, 0.3) is 0 Å². The number of carbonyl (C=O) groups is 3. The first-order chi connectivity index (χ1) is 29.0. The number of ether oxygens (including phenoxy) is 3. The van der Waals surface area contributed by atoms with Crippen LogP contribution in [0.4, 0.5) is 0 Å². The summed E-state index contributed by atoms with van der Waals surface area (Å²) in [4.78, 5) is 37.8. The van der Waals surface area contributed by atoms with Crippen LogP contribution in [0.3, 0.4) is 0 Å². The highest BCUT2D eigenvalue weighted by Gasteiger charge is 2.19. The molecule has 0 bridgehead atoms. The van der Waals surface area contributed by atoms with Crippen molar-refractivity contribution in [2.24, 2.45) is 0 Å². The minimum Gasteiger partial charge on any atom is -0.462 e. The summed E-state index contributed by atoms with van der Waals surface area (Å²) in [5.74, 6) is -0.915. The van der Waals surface area contributed by atoms with Crippen molar-refractivity contribution >= 4 is 17.9 Å². The number of hydrogen-bond donors (Lipinski definition) is 0. The van der Waals surface area contributed by atoms with E-state index in [2.05, 4.69) is 69.4 Å². The fraction of sp³-hybridized carbons (Fsp3) is 0.792. The molecule has 59 heavy (non-hydrogen) atoms. The molecule has 0 aliphatic rings. The Hall–Kier alpha value is -2.63. The zero-order chi connectivity index (χ0) is 43.0. The van der Waals surface area contributed by atoms with Gasteiger partial charge in [0.2, 0.25) is 0 Å². The fourth-order valence-corrected chi connectivity index (χ4v) is 6.98. The molecule has 0 aromatic rings. The van der Waals surface area contributed by atoms with Crippen LogP contribution in [0.1, 0.15) is 252 Å². The predicted octanol–water partition coefficient (Wildman–Crippen LogP) is 16.3. The molecule has 0 amide bonds. The fourth-order valence-electron chi connectivity index (χ4n) is 6.98. The lowest BCUT2D eigenvalue weighted by Crippen LogP contribution is -2.30. The zero-order valence-corrected chi connectivity index (χ0v) is 39.0. The summed E-state index contributed by atoms with van der Waals surface area (Å²) in [6.07, 6.45) is 56.7. The first-order valence-corrected chi connectivity index (χ1v) is 25.1. The minimum absolute atomic E-state index is 0.0844. The number of rotatable bonds is 45. The largest absolute Gasteiger partial charge is 0.462 e. The molecule has 1 unspecified atom stereocenters. The van der Waals surface area contributed by atoms with Crippen molar-refractivity contribution in [3.05, 3.63) is 48.6 Å². The van der Waals surface area contributed by atoms with Gasteiger partial charge >= 0.3 is 17.9 Å².